The minimum Gasteiger partial charge on any atom is -0.479 e. The van der Waals surface area contributed by atoms with Gasteiger partial charge in [0.15, 0.2) is 17.1 Å². The zero-order valence-electron chi connectivity index (χ0n) is 19.0. The Morgan fingerprint density at radius 3 is 2.49 bits per heavy atom. The third-order valence-corrected chi connectivity index (χ3v) is 6.75. The molecule has 0 atom stereocenters. The van der Waals surface area contributed by atoms with Gasteiger partial charge in [-0.2, -0.15) is 0 Å². The number of carbonyl (C=O) groups is 2. The fourth-order valence-corrected chi connectivity index (χ4v) is 4.87. The summed E-state index contributed by atoms with van der Waals surface area (Å²) in [5, 5.41) is 2.63. The van der Waals surface area contributed by atoms with Crippen molar-refractivity contribution in [3.8, 4) is 28.4 Å². The van der Waals surface area contributed by atoms with Crippen molar-refractivity contribution in [1.82, 2.24) is 5.32 Å². The van der Waals surface area contributed by atoms with E-state index in [-0.39, 0.29) is 18.5 Å². The molecular formula is C27H21NO5S2. The van der Waals surface area contributed by atoms with E-state index in [2.05, 4.69) is 5.32 Å². The number of thiocarbonyl (C=S) groups is 1. The maximum Gasteiger partial charge on any atom is 0.263 e. The van der Waals surface area contributed by atoms with Gasteiger partial charge in [-0.25, -0.2) is 0 Å². The second-order valence-corrected chi connectivity index (χ2v) is 10.2. The molecule has 2 aliphatic rings. The summed E-state index contributed by atoms with van der Waals surface area (Å²) in [6, 6.07) is 20.4. The van der Waals surface area contributed by atoms with Crippen molar-refractivity contribution in [3.63, 3.8) is 0 Å². The van der Waals surface area contributed by atoms with Gasteiger partial charge in [-0.15, -0.1) is 0 Å². The van der Waals surface area contributed by atoms with Crippen LogP contribution in [0, 0.1) is 0 Å². The molecule has 176 valence electrons. The monoisotopic (exact) mass is 503 g/mol. The molecule has 6 nitrogen and oxygen atoms in total. The van der Waals surface area contributed by atoms with Gasteiger partial charge in [0, 0.05) is 11.1 Å². The van der Waals surface area contributed by atoms with Gasteiger partial charge in [-0.3, -0.25) is 9.59 Å². The first-order valence-corrected chi connectivity index (χ1v) is 12.1. The lowest BCUT2D eigenvalue weighted by Crippen LogP contribution is -2.38. The standard InChI is InChI=1S/C27H21NO5S2/c1-27(2,24(29)16-6-4-3-5-7-16)33-20-10-8-17(18-9-11-21-22(13-18)32-15-31-21)12-19(20)14-23-25(30)28-26(34)35-23/h3-14H,15H2,1-2H3,(H,28,30,34)/b23-14+. The van der Waals surface area contributed by atoms with E-state index in [0.29, 0.717) is 37.6 Å². The summed E-state index contributed by atoms with van der Waals surface area (Å²) in [5.74, 6) is 1.44. The quantitative estimate of drug-likeness (QED) is 0.266. The number of nitrogens with one attached hydrogen (secondary N) is 1. The highest BCUT2D eigenvalue weighted by molar-refractivity contribution is 8.26. The van der Waals surface area contributed by atoms with Crippen molar-refractivity contribution in [1.29, 1.82) is 0 Å². The van der Waals surface area contributed by atoms with E-state index >= 15 is 0 Å². The van der Waals surface area contributed by atoms with Crippen molar-refractivity contribution in [2.45, 2.75) is 19.4 Å². The zero-order chi connectivity index (χ0) is 24.6. The van der Waals surface area contributed by atoms with Gasteiger partial charge in [-0.1, -0.05) is 66.4 Å². The predicted molar refractivity (Wildman–Crippen MR) is 140 cm³/mol. The fraction of sp³-hybridized carbons (Fsp3) is 0.148. The van der Waals surface area contributed by atoms with Crippen LogP contribution in [-0.4, -0.2) is 28.4 Å². The lowest BCUT2D eigenvalue weighted by atomic mass is 9.96. The minimum atomic E-state index is -1.14. The summed E-state index contributed by atoms with van der Waals surface area (Å²) in [6.07, 6.45) is 1.73. The van der Waals surface area contributed by atoms with E-state index < -0.39 is 5.60 Å². The lowest BCUT2D eigenvalue weighted by molar-refractivity contribution is -0.115. The largest absolute Gasteiger partial charge is 0.479 e. The van der Waals surface area contributed by atoms with E-state index in [1.165, 1.54) is 11.8 Å². The van der Waals surface area contributed by atoms with Crippen molar-refractivity contribution in [3.05, 3.63) is 82.8 Å². The summed E-state index contributed by atoms with van der Waals surface area (Å²) in [4.78, 5) is 26.0. The highest BCUT2D eigenvalue weighted by Gasteiger charge is 2.32. The third kappa shape index (κ3) is 4.80. The lowest BCUT2D eigenvalue weighted by Gasteiger charge is -2.26. The molecule has 35 heavy (non-hydrogen) atoms. The molecule has 0 saturated carbocycles. The van der Waals surface area contributed by atoms with Crippen LogP contribution in [0.2, 0.25) is 0 Å². The Labute approximate surface area is 212 Å². The topological polar surface area (TPSA) is 73.9 Å². The molecule has 0 spiro atoms. The molecule has 1 saturated heterocycles. The predicted octanol–water partition coefficient (Wildman–Crippen LogP) is 5.61. The highest BCUT2D eigenvalue weighted by atomic mass is 32.2. The molecule has 0 aliphatic carbocycles. The van der Waals surface area contributed by atoms with Crippen LogP contribution in [0.15, 0.2) is 71.6 Å². The molecule has 1 N–H and O–H groups in total. The van der Waals surface area contributed by atoms with Gasteiger partial charge in [0.1, 0.15) is 10.1 Å². The SMILES string of the molecule is CC(C)(Oc1ccc(-c2ccc3c(c2)OCO3)cc1/C=C1/SC(=S)NC1=O)C(=O)c1ccccc1. The molecule has 5 rings (SSSR count). The summed E-state index contributed by atoms with van der Waals surface area (Å²) >= 11 is 6.32. The molecule has 0 aromatic heterocycles. The summed E-state index contributed by atoms with van der Waals surface area (Å²) in [7, 11) is 0. The third-order valence-electron chi connectivity index (χ3n) is 5.59. The van der Waals surface area contributed by atoms with Crippen LogP contribution in [-0.2, 0) is 4.79 Å². The number of hydrogen-bond acceptors (Lipinski definition) is 7. The number of ether oxygens (including phenoxy) is 3. The highest BCUT2D eigenvalue weighted by Crippen LogP contribution is 2.38. The Hall–Kier alpha value is -3.62. The van der Waals surface area contributed by atoms with Crippen molar-refractivity contribution >= 4 is 46.1 Å². The van der Waals surface area contributed by atoms with Crippen LogP contribution in [0.5, 0.6) is 17.2 Å². The van der Waals surface area contributed by atoms with Gasteiger partial charge >= 0.3 is 0 Å². The Bertz CT molecular complexity index is 1380. The average Bonchev–Trinajstić information content (AvgIpc) is 3.44. The molecule has 1 fully saturated rings. The molecule has 3 aromatic carbocycles. The number of hydrogen-bond donors (Lipinski definition) is 1. The molecule has 0 unspecified atom stereocenters. The number of fused-ring (bicyclic) bond motifs is 1. The molecule has 2 heterocycles. The first-order chi connectivity index (χ1) is 16.8. The van der Waals surface area contributed by atoms with Crippen molar-refractivity contribution in [2.24, 2.45) is 0 Å². The second-order valence-electron chi connectivity index (χ2n) is 8.48. The first kappa shape index (κ1) is 23.1. The first-order valence-electron chi connectivity index (χ1n) is 10.9. The van der Waals surface area contributed by atoms with Crippen LogP contribution in [0.1, 0.15) is 29.8 Å². The minimum absolute atomic E-state index is 0.147. The van der Waals surface area contributed by atoms with Gasteiger partial charge in [-0.05, 0) is 55.3 Å². The number of rotatable bonds is 6. The summed E-state index contributed by atoms with van der Waals surface area (Å²) in [5.41, 5.74) is 1.87. The maximum atomic E-state index is 13.2. The van der Waals surface area contributed by atoms with Gasteiger partial charge in [0.2, 0.25) is 12.6 Å². The fourth-order valence-electron chi connectivity index (χ4n) is 3.83. The molecule has 2 aliphatic heterocycles. The van der Waals surface area contributed by atoms with Crippen LogP contribution >= 0.6 is 24.0 Å². The van der Waals surface area contributed by atoms with E-state index in [9.17, 15) is 9.59 Å². The average molecular weight is 504 g/mol. The number of benzene rings is 3. The van der Waals surface area contributed by atoms with Gasteiger partial charge in [0.05, 0.1) is 4.91 Å². The number of carbonyl (C=O) groups excluding carboxylic acids is 2. The van der Waals surface area contributed by atoms with E-state index in [1.54, 1.807) is 32.1 Å². The molecular weight excluding hydrogens is 482 g/mol. The van der Waals surface area contributed by atoms with Crippen molar-refractivity contribution in [2.75, 3.05) is 6.79 Å². The zero-order valence-corrected chi connectivity index (χ0v) is 20.6. The second kappa shape index (κ2) is 9.20. The summed E-state index contributed by atoms with van der Waals surface area (Å²) in [6.45, 7) is 3.66. The van der Waals surface area contributed by atoms with Gasteiger partial charge < -0.3 is 19.5 Å². The Kier molecular flexibility index (Phi) is 6.08. The van der Waals surface area contributed by atoms with E-state index in [1.807, 2.05) is 54.6 Å². The molecule has 0 bridgehead atoms. The van der Waals surface area contributed by atoms with E-state index in [4.69, 9.17) is 26.4 Å². The molecule has 8 heteroatoms. The van der Waals surface area contributed by atoms with Gasteiger partial charge in [0.25, 0.3) is 5.91 Å². The number of thioether (sulfide) groups is 1. The Balaban J connectivity index is 1.54. The van der Waals surface area contributed by atoms with Crippen LogP contribution in [0.4, 0.5) is 0 Å². The number of Topliss-reactive ketones (excluding diaryl/α,β-unsaturated/α-hetero) is 1. The van der Waals surface area contributed by atoms with Crippen molar-refractivity contribution < 1.29 is 23.8 Å². The smallest absolute Gasteiger partial charge is 0.263 e. The van der Waals surface area contributed by atoms with Crippen LogP contribution < -0.4 is 19.5 Å². The van der Waals surface area contributed by atoms with E-state index in [0.717, 1.165) is 11.1 Å². The van der Waals surface area contributed by atoms with Crippen LogP contribution in [0.3, 0.4) is 0 Å². The normalized spacial score (nSPS) is 15.9. The molecule has 3 aromatic rings. The number of amides is 1. The molecule has 1 amide bonds. The Morgan fingerprint density at radius 1 is 1.03 bits per heavy atom. The Morgan fingerprint density at radius 2 is 1.74 bits per heavy atom. The number of ketones is 1. The molecule has 0 radical (unpaired) electrons. The summed E-state index contributed by atoms with van der Waals surface area (Å²) < 4.78 is 17.6. The van der Waals surface area contributed by atoms with Crippen LogP contribution in [0.25, 0.3) is 17.2 Å². The maximum absolute atomic E-state index is 13.2.